The van der Waals surface area contributed by atoms with E-state index in [4.69, 9.17) is 16.3 Å². The number of ether oxygens (including phenoxy) is 1. The summed E-state index contributed by atoms with van der Waals surface area (Å²) in [5.74, 6) is 0.763. The van der Waals surface area contributed by atoms with Gasteiger partial charge in [-0.3, -0.25) is 0 Å². The second-order valence-electron chi connectivity index (χ2n) is 7.28. The van der Waals surface area contributed by atoms with E-state index in [9.17, 15) is 4.79 Å². The van der Waals surface area contributed by atoms with Crippen molar-refractivity contribution in [2.45, 2.75) is 19.6 Å². The van der Waals surface area contributed by atoms with Gasteiger partial charge in [-0.05, 0) is 24.1 Å². The standard InChI is InChI=1S/C23H23ClN4O2/c1-17-15-27(23(29)30-16-18-8-4-2-5-9-18)12-13-28(17)21-14-20(25-22(24)26-21)19-10-6-3-7-11-19/h2-11,14,17H,12-13,15-16H2,1H3/t17-/m1/s1. The molecule has 2 heterocycles. The molecule has 2 aromatic carbocycles. The van der Waals surface area contributed by atoms with Crippen molar-refractivity contribution in [3.63, 3.8) is 0 Å². The molecule has 30 heavy (non-hydrogen) atoms. The molecule has 1 atom stereocenters. The van der Waals surface area contributed by atoms with Crippen molar-refractivity contribution in [2.24, 2.45) is 0 Å². The van der Waals surface area contributed by atoms with E-state index in [-0.39, 0.29) is 24.0 Å². The number of aromatic nitrogens is 2. The molecule has 1 fully saturated rings. The van der Waals surface area contributed by atoms with E-state index in [2.05, 4.69) is 21.8 Å². The topological polar surface area (TPSA) is 58.6 Å². The first kappa shape index (κ1) is 20.2. The van der Waals surface area contributed by atoms with E-state index in [1.807, 2.05) is 66.7 Å². The van der Waals surface area contributed by atoms with Crippen molar-refractivity contribution >= 4 is 23.5 Å². The molecule has 6 nitrogen and oxygen atoms in total. The van der Waals surface area contributed by atoms with Crippen LogP contribution in [0.1, 0.15) is 12.5 Å². The van der Waals surface area contributed by atoms with E-state index in [0.29, 0.717) is 19.6 Å². The molecule has 0 unspecified atom stereocenters. The van der Waals surface area contributed by atoms with Gasteiger partial charge in [-0.25, -0.2) is 14.8 Å². The van der Waals surface area contributed by atoms with E-state index < -0.39 is 0 Å². The lowest BCUT2D eigenvalue weighted by Crippen LogP contribution is -2.54. The summed E-state index contributed by atoms with van der Waals surface area (Å²) in [6.07, 6.45) is -0.295. The minimum atomic E-state index is -0.295. The Morgan fingerprint density at radius 3 is 2.47 bits per heavy atom. The van der Waals surface area contributed by atoms with Gasteiger partial charge >= 0.3 is 6.09 Å². The monoisotopic (exact) mass is 422 g/mol. The Morgan fingerprint density at radius 2 is 1.77 bits per heavy atom. The lowest BCUT2D eigenvalue weighted by Gasteiger charge is -2.40. The number of amides is 1. The number of carbonyl (C=O) groups excluding carboxylic acids is 1. The summed E-state index contributed by atoms with van der Waals surface area (Å²) in [7, 11) is 0. The number of hydrogen-bond donors (Lipinski definition) is 0. The molecule has 154 valence electrons. The highest BCUT2D eigenvalue weighted by Crippen LogP contribution is 2.26. The summed E-state index contributed by atoms with van der Waals surface area (Å²) in [5, 5.41) is 0.211. The number of piperazine rings is 1. The lowest BCUT2D eigenvalue weighted by atomic mass is 10.1. The number of anilines is 1. The van der Waals surface area contributed by atoms with Gasteiger partial charge in [0.05, 0.1) is 5.69 Å². The minimum Gasteiger partial charge on any atom is -0.445 e. The van der Waals surface area contributed by atoms with Crippen LogP contribution in [-0.2, 0) is 11.3 Å². The molecule has 3 aromatic rings. The molecule has 0 spiro atoms. The molecular formula is C23H23ClN4O2. The van der Waals surface area contributed by atoms with Crippen LogP contribution < -0.4 is 4.90 Å². The van der Waals surface area contributed by atoms with E-state index >= 15 is 0 Å². The first-order valence-electron chi connectivity index (χ1n) is 9.92. The van der Waals surface area contributed by atoms with Crippen LogP contribution in [-0.4, -0.2) is 46.6 Å². The first-order valence-corrected chi connectivity index (χ1v) is 10.3. The third-order valence-corrected chi connectivity index (χ3v) is 5.31. The van der Waals surface area contributed by atoms with E-state index in [0.717, 1.165) is 22.6 Å². The van der Waals surface area contributed by atoms with Crippen molar-refractivity contribution in [3.05, 3.63) is 77.6 Å². The fourth-order valence-corrected chi connectivity index (χ4v) is 3.76. The van der Waals surface area contributed by atoms with Crippen molar-refractivity contribution in [2.75, 3.05) is 24.5 Å². The van der Waals surface area contributed by atoms with Crippen LogP contribution in [0.3, 0.4) is 0 Å². The maximum atomic E-state index is 12.5. The Bertz CT molecular complexity index is 1000. The second-order valence-corrected chi connectivity index (χ2v) is 7.61. The van der Waals surface area contributed by atoms with Crippen LogP contribution in [0.25, 0.3) is 11.3 Å². The molecule has 0 bridgehead atoms. The summed E-state index contributed by atoms with van der Waals surface area (Å²) in [5.41, 5.74) is 2.74. The zero-order valence-corrected chi connectivity index (χ0v) is 17.5. The highest BCUT2D eigenvalue weighted by Gasteiger charge is 2.29. The molecule has 0 saturated carbocycles. The van der Waals surface area contributed by atoms with Crippen molar-refractivity contribution in [3.8, 4) is 11.3 Å². The summed E-state index contributed by atoms with van der Waals surface area (Å²) in [6.45, 7) is 4.09. The molecular weight excluding hydrogens is 400 g/mol. The van der Waals surface area contributed by atoms with E-state index in [1.54, 1.807) is 4.90 Å². The quantitative estimate of drug-likeness (QED) is 0.573. The predicted octanol–water partition coefficient (Wildman–Crippen LogP) is 4.64. The lowest BCUT2D eigenvalue weighted by molar-refractivity contribution is 0.0898. The van der Waals surface area contributed by atoms with Crippen LogP contribution >= 0.6 is 11.6 Å². The molecule has 4 rings (SSSR count). The number of rotatable bonds is 4. The number of carbonyl (C=O) groups is 1. The fourth-order valence-electron chi connectivity index (χ4n) is 3.58. The molecule has 1 saturated heterocycles. The van der Waals surface area contributed by atoms with Crippen LogP contribution in [0.4, 0.5) is 10.6 Å². The Morgan fingerprint density at radius 1 is 1.07 bits per heavy atom. The molecule has 1 aromatic heterocycles. The van der Waals surface area contributed by atoms with Crippen LogP contribution in [0.15, 0.2) is 66.7 Å². The van der Waals surface area contributed by atoms with E-state index in [1.165, 1.54) is 0 Å². The van der Waals surface area contributed by atoms with Crippen molar-refractivity contribution in [1.82, 2.24) is 14.9 Å². The molecule has 0 aliphatic carbocycles. The molecule has 0 N–H and O–H groups in total. The highest BCUT2D eigenvalue weighted by atomic mass is 35.5. The molecule has 1 aliphatic rings. The smallest absolute Gasteiger partial charge is 0.410 e. The zero-order chi connectivity index (χ0) is 20.9. The largest absolute Gasteiger partial charge is 0.445 e. The minimum absolute atomic E-state index is 0.0672. The van der Waals surface area contributed by atoms with Gasteiger partial charge in [-0.1, -0.05) is 60.7 Å². The van der Waals surface area contributed by atoms with Crippen molar-refractivity contribution < 1.29 is 9.53 Å². The van der Waals surface area contributed by atoms with Gasteiger partial charge in [0.1, 0.15) is 12.4 Å². The maximum Gasteiger partial charge on any atom is 0.410 e. The van der Waals surface area contributed by atoms with Gasteiger partial charge in [0.2, 0.25) is 5.28 Å². The average Bonchev–Trinajstić information content (AvgIpc) is 2.78. The second kappa shape index (κ2) is 9.13. The number of halogens is 1. The molecule has 1 aliphatic heterocycles. The average molecular weight is 423 g/mol. The molecule has 7 heteroatoms. The summed E-state index contributed by atoms with van der Waals surface area (Å²) >= 11 is 6.21. The molecule has 0 radical (unpaired) electrons. The number of nitrogens with zero attached hydrogens (tertiary/aromatic N) is 4. The van der Waals surface area contributed by atoms with Crippen molar-refractivity contribution in [1.29, 1.82) is 0 Å². The first-order chi connectivity index (χ1) is 14.6. The highest BCUT2D eigenvalue weighted by molar-refractivity contribution is 6.28. The van der Waals surface area contributed by atoms with Crippen LogP contribution in [0, 0.1) is 0 Å². The zero-order valence-electron chi connectivity index (χ0n) is 16.7. The fraction of sp³-hybridized carbons (Fsp3) is 0.261. The Labute approximate surface area is 181 Å². The van der Waals surface area contributed by atoms with Gasteiger partial charge < -0.3 is 14.5 Å². The maximum absolute atomic E-state index is 12.5. The summed E-state index contributed by atoms with van der Waals surface area (Å²) in [4.78, 5) is 25.2. The Hall–Kier alpha value is -3.12. The van der Waals surface area contributed by atoms with Crippen LogP contribution in [0.2, 0.25) is 5.28 Å². The third kappa shape index (κ3) is 4.71. The van der Waals surface area contributed by atoms with Gasteiger partial charge in [-0.2, -0.15) is 0 Å². The SMILES string of the molecule is C[C@@H]1CN(C(=O)OCc2ccccc2)CCN1c1cc(-c2ccccc2)nc(Cl)n1. The van der Waals surface area contributed by atoms with Gasteiger partial charge in [0, 0.05) is 37.3 Å². The normalized spacial score (nSPS) is 16.4. The third-order valence-electron chi connectivity index (χ3n) is 5.14. The Kier molecular flexibility index (Phi) is 6.14. The van der Waals surface area contributed by atoms with Gasteiger partial charge in [-0.15, -0.1) is 0 Å². The number of hydrogen-bond acceptors (Lipinski definition) is 5. The predicted molar refractivity (Wildman–Crippen MR) is 117 cm³/mol. The number of benzene rings is 2. The van der Waals surface area contributed by atoms with Crippen LogP contribution in [0.5, 0.6) is 0 Å². The summed E-state index contributed by atoms with van der Waals surface area (Å²) in [6, 6.07) is 21.6. The van der Waals surface area contributed by atoms with Gasteiger partial charge in [0.15, 0.2) is 0 Å². The Balaban J connectivity index is 1.42. The van der Waals surface area contributed by atoms with Gasteiger partial charge in [0.25, 0.3) is 0 Å². The molecule has 1 amide bonds. The summed E-state index contributed by atoms with van der Waals surface area (Å²) < 4.78 is 5.47.